The smallest absolute Gasteiger partial charge is 0.0706 e. The van der Waals surface area contributed by atoms with Crippen LogP contribution in [0, 0.1) is 0 Å². The molecule has 1 atom stereocenters. The summed E-state index contributed by atoms with van der Waals surface area (Å²) < 4.78 is 1.92. The predicted molar refractivity (Wildman–Crippen MR) is 86.3 cm³/mol. The van der Waals surface area contributed by atoms with Crippen LogP contribution in [0.4, 0.5) is 0 Å². The Labute approximate surface area is 125 Å². The maximum Gasteiger partial charge on any atom is 0.0706 e. The number of rotatable bonds is 6. The third-order valence-electron chi connectivity index (χ3n) is 3.86. The molecule has 0 aliphatic rings. The second-order valence-electron chi connectivity index (χ2n) is 5.51. The monoisotopic (exact) mass is 279 g/mol. The largest absolute Gasteiger partial charge is 0.310 e. The number of fused-ring (bicyclic) bond motifs is 1. The molecule has 1 N–H and O–H groups in total. The van der Waals surface area contributed by atoms with E-state index in [2.05, 4.69) is 59.8 Å². The van der Waals surface area contributed by atoms with Gasteiger partial charge in [0.15, 0.2) is 0 Å². The Bertz CT molecular complexity index is 688. The highest BCUT2D eigenvalue weighted by molar-refractivity contribution is 5.53. The molecule has 0 bridgehead atoms. The van der Waals surface area contributed by atoms with Crippen molar-refractivity contribution in [2.24, 2.45) is 0 Å². The van der Waals surface area contributed by atoms with Crippen molar-refractivity contribution < 1.29 is 0 Å². The third-order valence-corrected chi connectivity index (χ3v) is 3.86. The van der Waals surface area contributed by atoms with E-state index in [4.69, 9.17) is 0 Å². The minimum absolute atomic E-state index is 0.490. The highest BCUT2D eigenvalue weighted by Crippen LogP contribution is 2.10. The van der Waals surface area contributed by atoms with Gasteiger partial charge in [-0.3, -0.25) is 0 Å². The number of hydrogen-bond acceptors (Lipinski definition) is 2. The Kier molecular flexibility index (Phi) is 4.31. The molecule has 0 spiro atoms. The normalized spacial score (nSPS) is 12.6. The number of nitrogens with zero attached hydrogens (tertiary/aromatic N) is 2. The Hall–Kier alpha value is -2.13. The van der Waals surface area contributed by atoms with E-state index >= 15 is 0 Å². The third kappa shape index (κ3) is 3.50. The fraction of sp³-hybridized carbons (Fsp3) is 0.278. The SMILES string of the molecule is CC(CCc1ccccc1)NCc1cnn2ccccc12. The Morgan fingerprint density at radius 3 is 2.76 bits per heavy atom. The molecule has 0 aliphatic carbocycles. The van der Waals surface area contributed by atoms with Crippen molar-refractivity contribution in [3.8, 4) is 0 Å². The van der Waals surface area contributed by atoms with Crippen molar-refractivity contribution in [1.82, 2.24) is 14.9 Å². The number of hydrogen-bond donors (Lipinski definition) is 1. The van der Waals surface area contributed by atoms with Crippen LogP contribution >= 0.6 is 0 Å². The second kappa shape index (κ2) is 6.55. The average molecular weight is 279 g/mol. The lowest BCUT2D eigenvalue weighted by Gasteiger charge is -2.13. The Morgan fingerprint density at radius 2 is 1.90 bits per heavy atom. The van der Waals surface area contributed by atoms with Gasteiger partial charge in [-0.05, 0) is 37.5 Å². The van der Waals surface area contributed by atoms with Crippen LogP contribution in [0.15, 0.2) is 60.9 Å². The molecular weight excluding hydrogens is 258 g/mol. The molecular formula is C18H21N3. The number of benzene rings is 1. The van der Waals surface area contributed by atoms with Gasteiger partial charge in [0.2, 0.25) is 0 Å². The van der Waals surface area contributed by atoms with Gasteiger partial charge in [-0.1, -0.05) is 36.4 Å². The van der Waals surface area contributed by atoms with Gasteiger partial charge in [-0.25, -0.2) is 4.52 Å². The van der Waals surface area contributed by atoms with Gasteiger partial charge in [0.05, 0.1) is 11.7 Å². The molecule has 21 heavy (non-hydrogen) atoms. The minimum atomic E-state index is 0.490. The fourth-order valence-corrected chi connectivity index (χ4v) is 2.54. The minimum Gasteiger partial charge on any atom is -0.310 e. The molecule has 3 rings (SSSR count). The first-order chi connectivity index (χ1) is 10.3. The number of nitrogens with one attached hydrogen (secondary N) is 1. The van der Waals surface area contributed by atoms with Crippen LogP contribution in [0.2, 0.25) is 0 Å². The summed E-state index contributed by atoms with van der Waals surface area (Å²) in [6.45, 7) is 3.11. The van der Waals surface area contributed by atoms with Crippen LogP contribution in [0.25, 0.3) is 5.52 Å². The van der Waals surface area contributed by atoms with E-state index in [0.29, 0.717) is 6.04 Å². The van der Waals surface area contributed by atoms with Gasteiger partial charge in [-0.15, -0.1) is 0 Å². The maximum atomic E-state index is 4.37. The molecule has 1 unspecified atom stereocenters. The van der Waals surface area contributed by atoms with Gasteiger partial charge in [0.25, 0.3) is 0 Å². The molecule has 2 aromatic heterocycles. The van der Waals surface area contributed by atoms with Crippen molar-refractivity contribution in [2.75, 3.05) is 0 Å². The van der Waals surface area contributed by atoms with E-state index in [1.807, 2.05) is 23.0 Å². The lowest BCUT2D eigenvalue weighted by molar-refractivity contribution is 0.515. The fourth-order valence-electron chi connectivity index (χ4n) is 2.54. The topological polar surface area (TPSA) is 29.3 Å². The number of pyridine rings is 1. The van der Waals surface area contributed by atoms with Crippen molar-refractivity contribution in [3.63, 3.8) is 0 Å². The van der Waals surface area contributed by atoms with Gasteiger partial charge < -0.3 is 5.32 Å². The van der Waals surface area contributed by atoms with Gasteiger partial charge >= 0.3 is 0 Å². The van der Waals surface area contributed by atoms with Crippen LogP contribution in [0.1, 0.15) is 24.5 Å². The first-order valence-corrected chi connectivity index (χ1v) is 7.51. The molecule has 0 aliphatic heterocycles. The quantitative estimate of drug-likeness (QED) is 0.749. The molecule has 108 valence electrons. The van der Waals surface area contributed by atoms with E-state index in [9.17, 15) is 0 Å². The van der Waals surface area contributed by atoms with Crippen molar-refractivity contribution >= 4 is 5.52 Å². The van der Waals surface area contributed by atoms with Crippen molar-refractivity contribution in [2.45, 2.75) is 32.4 Å². The summed E-state index contributed by atoms with van der Waals surface area (Å²) in [5.74, 6) is 0. The number of aromatic nitrogens is 2. The lowest BCUT2D eigenvalue weighted by Crippen LogP contribution is -2.25. The molecule has 0 radical (unpaired) electrons. The number of aryl methyl sites for hydroxylation is 1. The van der Waals surface area contributed by atoms with Crippen LogP contribution in [0.3, 0.4) is 0 Å². The van der Waals surface area contributed by atoms with Gasteiger partial charge in [0.1, 0.15) is 0 Å². The van der Waals surface area contributed by atoms with E-state index in [1.165, 1.54) is 16.6 Å². The van der Waals surface area contributed by atoms with Crippen LogP contribution in [0.5, 0.6) is 0 Å². The Balaban J connectivity index is 1.53. The molecule has 0 saturated carbocycles. The summed E-state index contributed by atoms with van der Waals surface area (Å²) in [6, 6.07) is 17.3. The van der Waals surface area contributed by atoms with Gasteiger partial charge in [-0.2, -0.15) is 5.10 Å². The summed E-state index contributed by atoms with van der Waals surface area (Å²) in [5, 5.41) is 7.96. The van der Waals surface area contributed by atoms with Crippen molar-refractivity contribution in [3.05, 3.63) is 72.1 Å². The van der Waals surface area contributed by atoms with Crippen LogP contribution in [-0.4, -0.2) is 15.7 Å². The van der Waals surface area contributed by atoms with E-state index < -0.39 is 0 Å². The molecule has 3 nitrogen and oxygen atoms in total. The molecule has 0 fully saturated rings. The first-order valence-electron chi connectivity index (χ1n) is 7.51. The highest BCUT2D eigenvalue weighted by atomic mass is 15.2. The highest BCUT2D eigenvalue weighted by Gasteiger charge is 2.06. The van der Waals surface area contributed by atoms with Crippen LogP contribution in [-0.2, 0) is 13.0 Å². The Morgan fingerprint density at radius 1 is 1.10 bits per heavy atom. The molecule has 3 heteroatoms. The summed E-state index contributed by atoms with van der Waals surface area (Å²) in [4.78, 5) is 0. The molecule has 1 aromatic carbocycles. The zero-order valence-corrected chi connectivity index (χ0v) is 12.4. The molecule has 0 amide bonds. The summed E-state index contributed by atoms with van der Waals surface area (Å²) in [6.07, 6.45) is 6.19. The maximum absolute atomic E-state index is 4.37. The first kappa shape index (κ1) is 13.8. The molecule has 0 saturated heterocycles. The summed E-state index contributed by atoms with van der Waals surface area (Å²) in [7, 11) is 0. The zero-order valence-electron chi connectivity index (χ0n) is 12.4. The molecule has 2 heterocycles. The van der Waals surface area contributed by atoms with E-state index in [1.54, 1.807) is 0 Å². The average Bonchev–Trinajstić information content (AvgIpc) is 2.95. The van der Waals surface area contributed by atoms with Gasteiger partial charge in [0, 0.05) is 24.3 Å². The van der Waals surface area contributed by atoms with Crippen molar-refractivity contribution in [1.29, 1.82) is 0 Å². The standard InChI is InChI=1S/C18H21N3/c1-15(10-11-16-7-3-2-4-8-16)19-13-17-14-20-21-12-6-5-9-18(17)21/h2-9,12,14-15,19H,10-11,13H2,1H3. The van der Waals surface area contributed by atoms with E-state index in [-0.39, 0.29) is 0 Å². The molecule has 3 aromatic rings. The summed E-state index contributed by atoms with van der Waals surface area (Å²) >= 11 is 0. The zero-order chi connectivity index (χ0) is 14.5. The second-order valence-corrected chi connectivity index (χ2v) is 5.51. The predicted octanol–water partition coefficient (Wildman–Crippen LogP) is 3.45. The summed E-state index contributed by atoms with van der Waals surface area (Å²) in [5.41, 5.74) is 3.84. The van der Waals surface area contributed by atoms with E-state index in [0.717, 1.165) is 19.4 Å². The lowest BCUT2D eigenvalue weighted by atomic mass is 10.1. The van der Waals surface area contributed by atoms with Crippen LogP contribution < -0.4 is 5.32 Å².